The zero-order valence-corrected chi connectivity index (χ0v) is 20.7. The molecule has 2 saturated heterocycles. The zero-order valence-electron chi connectivity index (χ0n) is 20.7. The number of anilines is 1. The van der Waals surface area contributed by atoms with Crippen molar-refractivity contribution < 1.29 is 22.7 Å². The second-order valence-corrected chi connectivity index (χ2v) is 11.7. The van der Waals surface area contributed by atoms with E-state index in [4.69, 9.17) is 4.74 Å². The number of piperazine rings is 1. The van der Waals surface area contributed by atoms with Gasteiger partial charge in [-0.2, -0.15) is 13.2 Å². The van der Waals surface area contributed by atoms with Crippen LogP contribution in [0.4, 0.5) is 23.9 Å². The standard InChI is InChI=1S/C24H36F3N5O2/c1-16-12-31(20-28-10-18(11-29-20)24(25,26)27)13-17(2)32(16)21(33)34-19-8-23(9-19)14-30(15-23)7-6-22(3,4)5/h10-11,16-17,19H,6-9,12-15H2,1-5H3/t16-,17-/m1/s1. The first-order valence-electron chi connectivity index (χ1n) is 12.1. The lowest BCUT2D eigenvalue weighted by Gasteiger charge is -2.59. The summed E-state index contributed by atoms with van der Waals surface area (Å²) in [5.41, 5.74) is -0.212. The molecule has 2 aliphatic heterocycles. The van der Waals surface area contributed by atoms with E-state index >= 15 is 0 Å². The van der Waals surface area contributed by atoms with Crippen LogP contribution < -0.4 is 4.90 Å². The highest BCUT2D eigenvalue weighted by atomic mass is 19.4. The summed E-state index contributed by atoms with van der Waals surface area (Å²) in [6.45, 7) is 14.8. The molecule has 0 N–H and O–H groups in total. The highest BCUT2D eigenvalue weighted by Crippen LogP contribution is 2.50. The third-order valence-corrected chi connectivity index (χ3v) is 7.26. The smallest absolute Gasteiger partial charge is 0.419 e. The minimum Gasteiger partial charge on any atom is -0.446 e. The molecule has 7 nitrogen and oxygen atoms in total. The van der Waals surface area contributed by atoms with E-state index in [-0.39, 0.29) is 30.2 Å². The van der Waals surface area contributed by atoms with Crippen molar-refractivity contribution in [2.45, 2.75) is 78.2 Å². The van der Waals surface area contributed by atoms with Gasteiger partial charge in [0.25, 0.3) is 0 Å². The second kappa shape index (κ2) is 8.84. The van der Waals surface area contributed by atoms with Gasteiger partial charge in [-0.05, 0) is 45.1 Å². The molecule has 0 unspecified atom stereocenters. The molecule has 1 aliphatic carbocycles. The number of alkyl halides is 3. The van der Waals surface area contributed by atoms with E-state index in [9.17, 15) is 18.0 Å². The minimum atomic E-state index is -4.47. The number of likely N-dealkylation sites (tertiary alicyclic amines) is 1. The molecule has 3 aliphatic rings. The van der Waals surface area contributed by atoms with Crippen molar-refractivity contribution in [2.75, 3.05) is 37.6 Å². The first kappa shape index (κ1) is 25.0. The van der Waals surface area contributed by atoms with E-state index in [0.717, 1.165) is 44.9 Å². The Balaban J connectivity index is 1.24. The summed E-state index contributed by atoms with van der Waals surface area (Å²) in [7, 11) is 0. The van der Waals surface area contributed by atoms with Crippen LogP contribution in [0.1, 0.15) is 59.4 Å². The molecule has 3 heterocycles. The van der Waals surface area contributed by atoms with Crippen LogP contribution in [0, 0.1) is 10.8 Å². The Hall–Kier alpha value is -2.10. The average Bonchev–Trinajstić information content (AvgIpc) is 2.66. The first-order valence-corrected chi connectivity index (χ1v) is 12.1. The Labute approximate surface area is 199 Å². The Morgan fingerprint density at radius 2 is 1.65 bits per heavy atom. The number of amides is 1. The van der Waals surface area contributed by atoms with Gasteiger partial charge in [0.05, 0.1) is 17.6 Å². The van der Waals surface area contributed by atoms with E-state index in [1.165, 1.54) is 6.42 Å². The normalized spacial score (nSPS) is 25.8. The average molecular weight is 484 g/mol. The number of carbonyl (C=O) groups excluding carboxylic acids is 1. The summed E-state index contributed by atoms with van der Waals surface area (Å²) in [6, 6.07) is -0.347. The lowest BCUT2D eigenvalue weighted by atomic mass is 9.61. The van der Waals surface area contributed by atoms with Gasteiger partial charge >= 0.3 is 12.3 Å². The highest BCUT2D eigenvalue weighted by molar-refractivity contribution is 5.69. The summed E-state index contributed by atoms with van der Waals surface area (Å²) in [5.74, 6) is 0.238. The maximum atomic E-state index is 12.9. The van der Waals surface area contributed by atoms with Gasteiger partial charge in [-0.15, -0.1) is 0 Å². The van der Waals surface area contributed by atoms with Crippen LogP contribution in [0.2, 0.25) is 0 Å². The maximum Gasteiger partial charge on any atom is 0.419 e. The number of aromatic nitrogens is 2. The van der Waals surface area contributed by atoms with Gasteiger partial charge in [0.2, 0.25) is 5.95 Å². The van der Waals surface area contributed by atoms with E-state index in [2.05, 4.69) is 35.6 Å². The van der Waals surface area contributed by atoms with Gasteiger partial charge in [-0.3, -0.25) is 4.90 Å². The molecule has 1 amide bonds. The third-order valence-electron chi connectivity index (χ3n) is 7.26. The molecular weight excluding hydrogens is 447 g/mol. The number of carbonyl (C=O) groups is 1. The van der Waals surface area contributed by atoms with Crippen molar-refractivity contribution in [2.24, 2.45) is 10.8 Å². The molecule has 2 atom stereocenters. The monoisotopic (exact) mass is 483 g/mol. The number of hydrogen-bond donors (Lipinski definition) is 0. The van der Waals surface area contributed by atoms with Gasteiger partial charge in [0, 0.05) is 44.0 Å². The molecule has 4 rings (SSSR count). The van der Waals surface area contributed by atoms with Crippen molar-refractivity contribution >= 4 is 12.0 Å². The van der Waals surface area contributed by atoms with Gasteiger partial charge in [-0.25, -0.2) is 14.8 Å². The van der Waals surface area contributed by atoms with Crippen LogP contribution in [-0.2, 0) is 10.9 Å². The molecule has 1 aromatic rings. The molecule has 190 valence electrons. The number of halogens is 3. The van der Waals surface area contributed by atoms with Gasteiger partial charge in [-0.1, -0.05) is 20.8 Å². The molecule has 1 saturated carbocycles. The molecule has 34 heavy (non-hydrogen) atoms. The van der Waals surface area contributed by atoms with E-state index in [0.29, 0.717) is 23.9 Å². The number of ether oxygens (including phenoxy) is 1. The van der Waals surface area contributed by atoms with Crippen molar-refractivity contribution in [3.8, 4) is 0 Å². The van der Waals surface area contributed by atoms with E-state index < -0.39 is 11.7 Å². The first-order chi connectivity index (χ1) is 15.7. The van der Waals surface area contributed by atoms with Crippen molar-refractivity contribution in [1.29, 1.82) is 0 Å². The maximum absolute atomic E-state index is 12.9. The zero-order chi connectivity index (χ0) is 24.9. The molecule has 0 bridgehead atoms. The molecule has 1 spiro atoms. The predicted octanol–water partition coefficient (Wildman–Crippen LogP) is 4.43. The number of rotatable bonds is 4. The molecular formula is C24H36F3N5O2. The number of hydrogen-bond acceptors (Lipinski definition) is 6. The van der Waals surface area contributed by atoms with E-state index in [1.54, 1.807) is 4.90 Å². The van der Waals surface area contributed by atoms with Crippen LogP contribution in [0.5, 0.6) is 0 Å². The summed E-state index contributed by atoms with van der Waals surface area (Å²) in [6.07, 6.45) is -0.179. The SMILES string of the molecule is C[C@@H]1CN(c2ncc(C(F)(F)F)cn2)C[C@@H](C)N1C(=O)OC1CC2(C1)CN(CCC(C)(C)C)C2. The lowest BCUT2D eigenvalue weighted by molar-refractivity contribution is -0.138. The van der Waals surface area contributed by atoms with Crippen molar-refractivity contribution in [3.63, 3.8) is 0 Å². The van der Waals surface area contributed by atoms with Crippen LogP contribution >= 0.6 is 0 Å². The van der Waals surface area contributed by atoms with Gasteiger partial charge in [0.1, 0.15) is 6.10 Å². The summed E-state index contributed by atoms with van der Waals surface area (Å²) >= 11 is 0. The lowest BCUT2D eigenvalue weighted by Crippen LogP contribution is -2.65. The highest BCUT2D eigenvalue weighted by Gasteiger charge is 2.54. The summed E-state index contributed by atoms with van der Waals surface area (Å²) < 4.78 is 44.2. The van der Waals surface area contributed by atoms with Crippen molar-refractivity contribution in [3.05, 3.63) is 18.0 Å². The summed E-state index contributed by atoms with van der Waals surface area (Å²) in [4.78, 5) is 26.8. The summed E-state index contributed by atoms with van der Waals surface area (Å²) in [5, 5.41) is 0. The minimum absolute atomic E-state index is 0.0343. The fraction of sp³-hybridized carbons (Fsp3) is 0.792. The molecule has 1 aromatic heterocycles. The van der Waals surface area contributed by atoms with Crippen molar-refractivity contribution in [1.82, 2.24) is 19.8 Å². The third kappa shape index (κ3) is 5.42. The Morgan fingerprint density at radius 3 is 2.15 bits per heavy atom. The number of nitrogens with zero attached hydrogens (tertiary/aromatic N) is 5. The van der Waals surface area contributed by atoms with Crippen LogP contribution in [0.25, 0.3) is 0 Å². The Kier molecular flexibility index (Phi) is 6.50. The second-order valence-electron chi connectivity index (χ2n) is 11.7. The van der Waals surface area contributed by atoms with Crippen LogP contribution in [-0.4, -0.2) is 76.8 Å². The fourth-order valence-corrected chi connectivity index (χ4v) is 5.48. The Bertz CT molecular complexity index is 860. The predicted molar refractivity (Wildman–Crippen MR) is 122 cm³/mol. The topological polar surface area (TPSA) is 61.8 Å². The molecule has 0 radical (unpaired) electrons. The Morgan fingerprint density at radius 1 is 1.09 bits per heavy atom. The van der Waals surface area contributed by atoms with Crippen LogP contribution in [0.3, 0.4) is 0 Å². The van der Waals surface area contributed by atoms with Crippen LogP contribution in [0.15, 0.2) is 12.4 Å². The van der Waals surface area contributed by atoms with E-state index in [1.807, 2.05) is 18.7 Å². The molecule has 0 aromatic carbocycles. The molecule has 10 heteroatoms. The largest absolute Gasteiger partial charge is 0.446 e. The molecule has 3 fully saturated rings. The van der Waals surface area contributed by atoms with Gasteiger partial charge in [0.15, 0.2) is 0 Å². The quantitative estimate of drug-likeness (QED) is 0.632. The fourth-order valence-electron chi connectivity index (χ4n) is 5.48. The van der Waals surface area contributed by atoms with Gasteiger partial charge < -0.3 is 14.5 Å².